The summed E-state index contributed by atoms with van der Waals surface area (Å²) in [6.07, 6.45) is 4.95. The maximum Gasteiger partial charge on any atom is 0.276 e. The Hall–Kier alpha value is -2.16. The maximum absolute atomic E-state index is 12.9. The number of benzene rings is 2. The molecule has 8 heteroatoms. The normalized spacial score (nSPS) is 15.7. The van der Waals surface area contributed by atoms with Crippen molar-refractivity contribution in [3.63, 3.8) is 0 Å². The van der Waals surface area contributed by atoms with Crippen molar-refractivity contribution in [1.82, 2.24) is 14.5 Å². The van der Waals surface area contributed by atoms with Gasteiger partial charge in [0.1, 0.15) is 0 Å². The summed E-state index contributed by atoms with van der Waals surface area (Å²) < 4.78 is 33.1. The van der Waals surface area contributed by atoms with E-state index in [1.54, 1.807) is 28.6 Å². The second-order valence-electron chi connectivity index (χ2n) is 7.30. The molecule has 0 unspecified atom stereocenters. The predicted molar refractivity (Wildman–Crippen MR) is 118 cm³/mol. The second kappa shape index (κ2) is 9.76. The van der Waals surface area contributed by atoms with Crippen molar-refractivity contribution in [3.05, 3.63) is 60.2 Å². The Morgan fingerprint density at radius 3 is 2.30 bits per heavy atom. The average Bonchev–Trinajstić information content (AvgIpc) is 3.06. The number of rotatable bonds is 7. The first-order valence-electron chi connectivity index (χ1n) is 10.2. The van der Waals surface area contributed by atoms with Gasteiger partial charge in [0.15, 0.2) is 0 Å². The zero-order valence-corrected chi connectivity index (χ0v) is 18.4. The van der Waals surface area contributed by atoms with Crippen LogP contribution in [0.1, 0.15) is 31.2 Å². The van der Waals surface area contributed by atoms with Gasteiger partial charge in [0.05, 0.1) is 4.90 Å². The van der Waals surface area contributed by atoms with Crippen LogP contribution in [0.25, 0.3) is 11.5 Å². The van der Waals surface area contributed by atoms with E-state index in [-0.39, 0.29) is 0 Å². The number of hydrogen-bond donors (Lipinski definition) is 0. The fraction of sp³-hybridized carbons (Fsp3) is 0.364. The largest absolute Gasteiger partial charge is 0.411 e. The molecule has 0 radical (unpaired) electrons. The number of aromatic nitrogens is 2. The Morgan fingerprint density at radius 1 is 0.900 bits per heavy atom. The Kier molecular flexibility index (Phi) is 6.86. The highest BCUT2D eigenvalue weighted by Gasteiger charge is 2.25. The van der Waals surface area contributed by atoms with Crippen LogP contribution < -0.4 is 0 Å². The van der Waals surface area contributed by atoms with Gasteiger partial charge in [-0.1, -0.05) is 54.9 Å². The van der Waals surface area contributed by atoms with Crippen LogP contribution in [0.5, 0.6) is 0 Å². The summed E-state index contributed by atoms with van der Waals surface area (Å²) in [6, 6.07) is 17.0. The van der Waals surface area contributed by atoms with E-state index in [1.165, 1.54) is 17.3 Å². The number of nitrogens with zero attached hydrogens (tertiary/aromatic N) is 3. The molecule has 1 aliphatic heterocycles. The second-order valence-corrected chi connectivity index (χ2v) is 10.3. The van der Waals surface area contributed by atoms with E-state index in [9.17, 15) is 8.42 Å². The van der Waals surface area contributed by atoms with Crippen molar-refractivity contribution in [2.45, 2.75) is 42.2 Å². The highest BCUT2D eigenvalue weighted by Crippen LogP contribution is 2.26. The molecule has 1 saturated heterocycles. The Labute approximate surface area is 181 Å². The third-order valence-corrected chi connectivity index (χ3v) is 7.90. The van der Waals surface area contributed by atoms with E-state index in [2.05, 4.69) is 22.3 Å². The third-order valence-electron chi connectivity index (χ3n) is 5.17. The van der Waals surface area contributed by atoms with E-state index >= 15 is 0 Å². The van der Waals surface area contributed by atoms with Gasteiger partial charge in [-0.25, -0.2) is 8.42 Å². The van der Waals surface area contributed by atoms with Crippen molar-refractivity contribution < 1.29 is 12.8 Å². The topological polar surface area (TPSA) is 76.3 Å². The third kappa shape index (κ3) is 5.11. The molecule has 0 spiro atoms. The van der Waals surface area contributed by atoms with Gasteiger partial charge in [0, 0.05) is 24.4 Å². The first kappa shape index (κ1) is 21.1. The summed E-state index contributed by atoms with van der Waals surface area (Å²) in [4.78, 5) is 0.310. The molecular weight excluding hydrogens is 418 g/mol. The average molecular weight is 444 g/mol. The smallest absolute Gasteiger partial charge is 0.276 e. The van der Waals surface area contributed by atoms with Crippen LogP contribution in [0, 0.1) is 0 Å². The molecule has 0 N–H and O–H groups in total. The van der Waals surface area contributed by atoms with Crippen LogP contribution in [0.4, 0.5) is 0 Å². The molecule has 1 aromatic heterocycles. The predicted octanol–water partition coefficient (Wildman–Crippen LogP) is 4.64. The number of thioether (sulfide) groups is 1. The fourth-order valence-electron chi connectivity index (χ4n) is 3.49. The molecule has 158 valence electrons. The fourth-order valence-corrected chi connectivity index (χ4v) is 5.75. The molecule has 0 aliphatic carbocycles. The van der Waals surface area contributed by atoms with Crippen LogP contribution >= 0.6 is 11.8 Å². The lowest BCUT2D eigenvalue weighted by Crippen LogP contribution is -2.31. The van der Waals surface area contributed by atoms with Gasteiger partial charge in [-0.2, -0.15) is 4.31 Å². The van der Waals surface area contributed by atoms with Crippen LogP contribution in [0.15, 0.2) is 69.1 Å². The molecule has 2 aromatic carbocycles. The molecule has 3 aromatic rings. The Balaban J connectivity index is 1.39. The summed E-state index contributed by atoms with van der Waals surface area (Å²) in [5.74, 6) is 1.24. The SMILES string of the molecule is O=S(=O)(c1ccc(-c2nnc(SCCc3ccccc3)o2)cc1)N1CCCCCC1. The lowest BCUT2D eigenvalue weighted by Gasteiger charge is -2.19. The molecule has 0 amide bonds. The van der Waals surface area contributed by atoms with Crippen LogP contribution in [0.3, 0.4) is 0 Å². The van der Waals surface area contributed by atoms with Crippen LogP contribution in [-0.4, -0.2) is 41.8 Å². The minimum atomic E-state index is -3.45. The van der Waals surface area contributed by atoms with Crippen LogP contribution in [0.2, 0.25) is 0 Å². The van der Waals surface area contributed by atoms with E-state index in [4.69, 9.17) is 4.42 Å². The van der Waals surface area contributed by atoms with E-state index in [0.29, 0.717) is 34.7 Å². The molecule has 0 bridgehead atoms. The minimum Gasteiger partial charge on any atom is -0.411 e. The van der Waals surface area contributed by atoms with Gasteiger partial charge in [-0.3, -0.25) is 0 Å². The molecule has 2 heterocycles. The molecule has 1 fully saturated rings. The van der Waals surface area contributed by atoms with Gasteiger partial charge < -0.3 is 4.42 Å². The monoisotopic (exact) mass is 443 g/mol. The molecule has 4 rings (SSSR count). The van der Waals surface area contributed by atoms with Crippen molar-refractivity contribution in [3.8, 4) is 11.5 Å². The summed E-state index contributed by atoms with van der Waals surface area (Å²) in [5, 5.41) is 8.72. The van der Waals surface area contributed by atoms with Crippen molar-refractivity contribution >= 4 is 21.8 Å². The molecule has 1 aliphatic rings. The van der Waals surface area contributed by atoms with Gasteiger partial charge in [0.25, 0.3) is 5.22 Å². The summed E-state index contributed by atoms with van der Waals surface area (Å²) in [7, 11) is -3.45. The van der Waals surface area contributed by atoms with E-state index in [1.807, 2.05) is 18.2 Å². The molecule has 6 nitrogen and oxygen atoms in total. The molecular formula is C22H25N3O3S2. The highest BCUT2D eigenvalue weighted by atomic mass is 32.2. The quantitative estimate of drug-likeness (QED) is 0.495. The Morgan fingerprint density at radius 2 is 1.60 bits per heavy atom. The zero-order chi connectivity index (χ0) is 20.8. The minimum absolute atomic E-state index is 0.310. The highest BCUT2D eigenvalue weighted by molar-refractivity contribution is 7.99. The standard InChI is InChI=1S/C22H25N3O3S2/c26-30(27,25-15-6-1-2-7-16-25)20-12-10-19(11-13-20)21-23-24-22(28-21)29-17-14-18-8-4-3-5-9-18/h3-5,8-13H,1-2,6-7,14-17H2. The zero-order valence-electron chi connectivity index (χ0n) is 16.7. The summed E-state index contributed by atoms with van der Waals surface area (Å²) in [6.45, 7) is 1.19. The van der Waals surface area contributed by atoms with Gasteiger partial charge in [-0.15, -0.1) is 10.2 Å². The number of hydrogen-bond acceptors (Lipinski definition) is 6. The first-order valence-corrected chi connectivity index (χ1v) is 12.7. The lowest BCUT2D eigenvalue weighted by molar-refractivity contribution is 0.423. The van der Waals surface area contributed by atoms with Gasteiger partial charge in [-0.05, 0) is 49.1 Å². The van der Waals surface area contributed by atoms with Crippen molar-refractivity contribution in [1.29, 1.82) is 0 Å². The Bertz CT molecular complexity index is 1040. The van der Waals surface area contributed by atoms with Gasteiger partial charge in [0.2, 0.25) is 15.9 Å². The van der Waals surface area contributed by atoms with Crippen LogP contribution in [-0.2, 0) is 16.4 Å². The van der Waals surface area contributed by atoms with Crippen molar-refractivity contribution in [2.75, 3.05) is 18.8 Å². The lowest BCUT2D eigenvalue weighted by atomic mass is 10.2. The number of sulfonamides is 1. The molecule has 30 heavy (non-hydrogen) atoms. The molecule has 0 saturated carbocycles. The van der Waals surface area contributed by atoms with E-state index < -0.39 is 10.0 Å². The molecule has 0 atom stereocenters. The van der Waals surface area contributed by atoms with Gasteiger partial charge >= 0.3 is 0 Å². The summed E-state index contributed by atoms with van der Waals surface area (Å²) >= 11 is 1.52. The summed E-state index contributed by atoms with van der Waals surface area (Å²) in [5.41, 5.74) is 1.98. The number of aryl methyl sites for hydroxylation is 1. The van der Waals surface area contributed by atoms with E-state index in [0.717, 1.165) is 37.9 Å². The first-order chi connectivity index (χ1) is 14.6. The van der Waals surface area contributed by atoms with Crippen molar-refractivity contribution in [2.24, 2.45) is 0 Å². The maximum atomic E-state index is 12.9.